The van der Waals surface area contributed by atoms with E-state index >= 15 is 0 Å². The molecule has 102 valence electrons. The van der Waals surface area contributed by atoms with Gasteiger partial charge in [0, 0.05) is 6.20 Å². The summed E-state index contributed by atoms with van der Waals surface area (Å²) in [5, 5.41) is 22.2. The van der Waals surface area contributed by atoms with Crippen LogP contribution in [-0.4, -0.2) is 16.1 Å². The van der Waals surface area contributed by atoms with Crippen molar-refractivity contribution in [1.82, 2.24) is 4.98 Å². The van der Waals surface area contributed by atoms with Crippen LogP contribution in [0.25, 0.3) is 0 Å². The lowest BCUT2D eigenvalue weighted by Crippen LogP contribution is -2.25. The van der Waals surface area contributed by atoms with Gasteiger partial charge in [0.15, 0.2) is 0 Å². The van der Waals surface area contributed by atoms with Gasteiger partial charge in [-0.1, -0.05) is 12.1 Å². The van der Waals surface area contributed by atoms with Crippen LogP contribution in [-0.2, 0) is 0 Å². The third-order valence-electron chi connectivity index (χ3n) is 2.98. The molecule has 0 unspecified atom stereocenters. The summed E-state index contributed by atoms with van der Waals surface area (Å²) in [6, 6.07) is 10.6. The lowest BCUT2D eigenvalue weighted by Gasteiger charge is -2.21. The Morgan fingerprint density at radius 3 is 2.65 bits per heavy atom. The topological polar surface area (TPSA) is 68.9 Å². The first kappa shape index (κ1) is 14.0. The van der Waals surface area contributed by atoms with Gasteiger partial charge in [0.25, 0.3) is 0 Å². The van der Waals surface area contributed by atoms with E-state index in [0.29, 0.717) is 16.9 Å². The average molecular weight is 271 g/mol. The Kier molecular flexibility index (Phi) is 4.28. The van der Waals surface area contributed by atoms with E-state index < -0.39 is 6.10 Å². The highest BCUT2D eigenvalue weighted by atomic mass is 19.1. The van der Waals surface area contributed by atoms with E-state index in [2.05, 4.69) is 10.3 Å². The van der Waals surface area contributed by atoms with E-state index in [1.807, 2.05) is 6.07 Å². The maximum atomic E-state index is 12.9. The van der Waals surface area contributed by atoms with E-state index in [4.69, 9.17) is 5.26 Å². The molecule has 0 radical (unpaired) electrons. The number of hydrogen-bond donors (Lipinski definition) is 2. The predicted molar refractivity (Wildman–Crippen MR) is 73.4 cm³/mol. The lowest BCUT2D eigenvalue weighted by molar-refractivity contribution is 0.160. The molecule has 1 heterocycles. The van der Waals surface area contributed by atoms with Crippen LogP contribution >= 0.6 is 0 Å². The number of hydrogen-bond acceptors (Lipinski definition) is 4. The van der Waals surface area contributed by atoms with Gasteiger partial charge in [0.05, 0.1) is 17.7 Å². The van der Waals surface area contributed by atoms with E-state index in [1.54, 1.807) is 25.3 Å². The molecule has 0 spiro atoms. The van der Waals surface area contributed by atoms with E-state index in [9.17, 15) is 9.50 Å². The summed E-state index contributed by atoms with van der Waals surface area (Å²) in [6.45, 7) is 1.77. The standard InChI is InChI=1S/C15H14FN3O/c1-10(14(20)11-4-6-13(16)7-5-11)19-15-12(9-17)3-2-8-18-15/h2-8,10,14,20H,1H3,(H,18,19)/t10-,14-/m0/s1. The molecule has 4 nitrogen and oxygen atoms in total. The molecule has 1 aromatic carbocycles. The van der Waals surface area contributed by atoms with Gasteiger partial charge < -0.3 is 10.4 Å². The number of nitriles is 1. The third kappa shape index (κ3) is 3.11. The minimum atomic E-state index is -0.829. The molecule has 2 N–H and O–H groups in total. The molecule has 0 fully saturated rings. The fourth-order valence-electron chi connectivity index (χ4n) is 1.85. The summed E-state index contributed by atoms with van der Waals surface area (Å²) >= 11 is 0. The normalized spacial score (nSPS) is 13.3. The van der Waals surface area contributed by atoms with Crippen molar-refractivity contribution in [1.29, 1.82) is 5.26 Å². The van der Waals surface area contributed by atoms with Gasteiger partial charge in [-0.25, -0.2) is 9.37 Å². The molecule has 0 aliphatic carbocycles. The van der Waals surface area contributed by atoms with Crippen molar-refractivity contribution in [2.24, 2.45) is 0 Å². The van der Waals surface area contributed by atoms with Crippen molar-refractivity contribution >= 4 is 5.82 Å². The zero-order valence-corrected chi connectivity index (χ0v) is 10.9. The smallest absolute Gasteiger partial charge is 0.144 e. The SMILES string of the molecule is C[C@H](Nc1ncccc1C#N)[C@H](O)c1ccc(F)cc1. The van der Waals surface area contributed by atoms with E-state index in [1.165, 1.54) is 24.3 Å². The first-order valence-corrected chi connectivity index (χ1v) is 6.17. The number of rotatable bonds is 4. The molecule has 20 heavy (non-hydrogen) atoms. The van der Waals surface area contributed by atoms with Crippen LogP contribution in [0.1, 0.15) is 24.2 Å². The summed E-state index contributed by atoms with van der Waals surface area (Å²) in [6.07, 6.45) is 0.740. The molecule has 5 heteroatoms. The van der Waals surface area contributed by atoms with Crippen LogP contribution in [0.5, 0.6) is 0 Å². The summed E-state index contributed by atoms with van der Waals surface area (Å²) in [4.78, 5) is 4.07. The fourth-order valence-corrected chi connectivity index (χ4v) is 1.85. The molecule has 0 saturated heterocycles. The Balaban J connectivity index is 2.13. The number of aliphatic hydroxyl groups excluding tert-OH is 1. The summed E-state index contributed by atoms with van der Waals surface area (Å²) < 4.78 is 12.9. The van der Waals surface area contributed by atoms with E-state index in [-0.39, 0.29) is 11.9 Å². The average Bonchev–Trinajstić information content (AvgIpc) is 2.48. The maximum absolute atomic E-state index is 12.9. The van der Waals surface area contributed by atoms with Crippen LogP contribution < -0.4 is 5.32 Å². The molecule has 2 atom stereocenters. The van der Waals surface area contributed by atoms with Crippen molar-refractivity contribution in [3.05, 3.63) is 59.5 Å². The zero-order valence-electron chi connectivity index (χ0n) is 10.9. The first-order valence-electron chi connectivity index (χ1n) is 6.17. The molecule has 0 saturated carbocycles. The predicted octanol–water partition coefficient (Wildman–Crippen LogP) is 2.63. The zero-order chi connectivity index (χ0) is 14.5. The Hall–Kier alpha value is -2.45. The summed E-state index contributed by atoms with van der Waals surface area (Å²) in [7, 11) is 0. The highest BCUT2D eigenvalue weighted by Crippen LogP contribution is 2.21. The molecule has 2 rings (SSSR count). The molecular formula is C15H14FN3O. The minimum Gasteiger partial charge on any atom is -0.386 e. The number of aliphatic hydroxyl groups is 1. The van der Waals surface area contributed by atoms with Crippen LogP contribution in [0.3, 0.4) is 0 Å². The van der Waals surface area contributed by atoms with Gasteiger partial charge in [-0.05, 0) is 36.8 Å². The number of halogens is 1. The Morgan fingerprint density at radius 1 is 1.30 bits per heavy atom. The second-order valence-electron chi connectivity index (χ2n) is 4.44. The molecular weight excluding hydrogens is 257 g/mol. The first-order chi connectivity index (χ1) is 9.61. The van der Waals surface area contributed by atoms with E-state index in [0.717, 1.165) is 0 Å². The van der Waals surface area contributed by atoms with Gasteiger partial charge in [-0.15, -0.1) is 0 Å². The Labute approximate surface area is 116 Å². The van der Waals surface area contributed by atoms with Gasteiger partial charge in [-0.3, -0.25) is 0 Å². The van der Waals surface area contributed by atoms with Gasteiger partial charge in [0.2, 0.25) is 0 Å². The molecule has 1 aromatic heterocycles. The highest BCUT2D eigenvalue weighted by Gasteiger charge is 2.17. The number of pyridine rings is 1. The van der Waals surface area contributed by atoms with Gasteiger partial charge in [-0.2, -0.15) is 5.26 Å². The minimum absolute atomic E-state index is 0.349. The van der Waals surface area contributed by atoms with Crippen molar-refractivity contribution in [2.45, 2.75) is 19.1 Å². The molecule has 0 amide bonds. The van der Waals surface area contributed by atoms with Crippen LogP contribution in [0.15, 0.2) is 42.6 Å². The number of benzene rings is 1. The molecule has 2 aromatic rings. The largest absolute Gasteiger partial charge is 0.386 e. The number of anilines is 1. The van der Waals surface area contributed by atoms with Gasteiger partial charge >= 0.3 is 0 Å². The second-order valence-corrected chi connectivity index (χ2v) is 4.44. The van der Waals surface area contributed by atoms with Gasteiger partial charge in [0.1, 0.15) is 17.7 Å². The summed E-state index contributed by atoms with van der Waals surface area (Å²) in [5.41, 5.74) is 1.01. The Morgan fingerprint density at radius 2 is 2.00 bits per heavy atom. The van der Waals surface area contributed by atoms with Crippen molar-refractivity contribution in [2.75, 3.05) is 5.32 Å². The Bertz CT molecular complexity index is 622. The van der Waals surface area contributed by atoms with Crippen molar-refractivity contribution < 1.29 is 9.50 Å². The van der Waals surface area contributed by atoms with Crippen molar-refractivity contribution in [3.8, 4) is 6.07 Å². The lowest BCUT2D eigenvalue weighted by atomic mass is 10.0. The van der Waals surface area contributed by atoms with Crippen LogP contribution in [0.2, 0.25) is 0 Å². The fraction of sp³-hybridized carbons (Fsp3) is 0.200. The highest BCUT2D eigenvalue weighted by molar-refractivity contribution is 5.52. The summed E-state index contributed by atoms with van der Waals surface area (Å²) in [5.74, 6) is 0.0710. The molecule has 0 aliphatic rings. The number of nitrogens with one attached hydrogen (secondary N) is 1. The van der Waals surface area contributed by atoms with Crippen LogP contribution in [0, 0.1) is 17.1 Å². The molecule has 0 aliphatic heterocycles. The maximum Gasteiger partial charge on any atom is 0.144 e. The van der Waals surface area contributed by atoms with Crippen LogP contribution in [0.4, 0.5) is 10.2 Å². The van der Waals surface area contributed by atoms with Crippen molar-refractivity contribution in [3.63, 3.8) is 0 Å². The molecule has 0 bridgehead atoms. The quantitative estimate of drug-likeness (QED) is 0.897. The second kappa shape index (κ2) is 6.13. The number of aromatic nitrogens is 1. The third-order valence-corrected chi connectivity index (χ3v) is 2.98. The number of nitrogens with zero attached hydrogens (tertiary/aromatic N) is 2. The monoisotopic (exact) mass is 271 g/mol.